The first kappa shape index (κ1) is 13.9. The van der Waals surface area contributed by atoms with Crippen molar-refractivity contribution in [2.45, 2.75) is 6.04 Å². The molecule has 10 heteroatoms. The number of carbonyl (C=O) groups excluding carboxylic acids is 2. The number of nitrogens with one attached hydrogen (secondary N) is 1. The number of likely N-dealkylation sites (tertiary alicyclic amines) is 1. The third kappa shape index (κ3) is 2.91. The zero-order chi connectivity index (χ0) is 14.7. The maximum atomic E-state index is 11.7. The minimum absolute atomic E-state index is 0.0928. The molecule has 4 N–H and O–H groups in total. The van der Waals surface area contributed by atoms with Crippen LogP contribution in [0.15, 0.2) is 6.20 Å². The summed E-state index contributed by atoms with van der Waals surface area (Å²) in [7, 11) is 0. The van der Waals surface area contributed by atoms with Crippen LogP contribution < -0.4 is 11.1 Å². The average Bonchev–Trinajstić information content (AvgIpc) is 2.83. The van der Waals surface area contributed by atoms with Crippen LogP contribution >= 0.6 is 0 Å². The Morgan fingerprint density at radius 1 is 1.45 bits per heavy atom. The quantitative estimate of drug-likeness (QED) is 0.538. The third-order valence-corrected chi connectivity index (χ3v) is 2.94. The number of carboxylic acid groups (broad SMARTS) is 1. The van der Waals surface area contributed by atoms with Crippen molar-refractivity contribution < 1.29 is 19.5 Å². The van der Waals surface area contributed by atoms with Crippen LogP contribution in [0.3, 0.4) is 0 Å². The lowest BCUT2D eigenvalue weighted by Gasteiger charge is -2.38. The summed E-state index contributed by atoms with van der Waals surface area (Å²) in [5, 5.41) is 18.3. The Bertz CT molecular complexity index is 536. The highest BCUT2D eigenvalue weighted by Gasteiger charge is 2.32. The molecular weight excluding hydrogens is 268 g/mol. The van der Waals surface area contributed by atoms with E-state index in [2.05, 4.69) is 15.6 Å². The topological polar surface area (TPSA) is 143 Å². The molecule has 108 valence electrons. The summed E-state index contributed by atoms with van der Waals surface area (Å²) in [5.74, 6) is -1.76. The normalized spacial score (nSPS) is 14.8. The number of nitrogens with zero attached hydrogens (tertiary/aromatic N) is 4. The molecular formula is C10H14N6O4. The molecule has 0 radical (unpaired) electrons. The first-order valence-electron chi connectivity index (χ1n) is 5.91. The summed E-state index contributed by atoms with van der Waals surface area (Å²) in [6, 6.07) is -0.0928. The lowest BCUT2D eigenvalue weighted by molar-refractivity contribution is -0.137. The number of carbonyl (C=O) groups is 3. The maximum Gasteiger partial charge on any atom is 0.358 e. The predicted molar refractivity (Wildman–Crippen MR) is 64.7 cm³/mol. The van der Waals surface area contributed by atoms with Gasteiger partial charge in [-0.3, -0.25) is 9.59 Å². The number of aromatic nitrogens is 3. The summed E-state index contributed by atoms with van der Waals surface area (Å²) < 4.78 is 1.42. The molecule has 0 atom stereocenters. The van der Waals surface area contributed by atoms with E-state index in [1.54, 1.807) is 0 Å². The van der Waals surface area contributed by atoms with E-state index in [0.29, 0.717) is 13.1 Å². The molecule has 0 aliphatic carbocycles. The molecule has 0 unspecified atom stereocenters. The van der Waals surface area contributed by atoms with Gasteiger partial charge in [0.1, 0.15) is 0 Å². The van der Waals surface area contributed by atoms with Crippen molar-refractivity contribution in [3.05, 3.63) is 11.9 Å². The molecule has 1 aromatic heterocycles. The second kappa shape index (κ2) is 5.65. The van der Waals surface area contributed by atoms with Gasteiger partial charge in [0.15, 0.2) is 5.69 Å². The van der Waals surface area contributed by atoms with E-state index in [0.717, 1.165) is 0 Å². The Morgan fingerprint density at radius 3 is 2.70 bits per heavy atom. The molecule has 2 heterocycles. The Balaban J connectivity index is 1.80. The number of nitrogens with two attached hydrogens (primary N) is 1. The number of hydrogen-bond donors (Lipinski definition) is 3. The molecule has 0 aromatic carbocycles. The van der Waals surface area contributed by atoms with Crippen molar-refractivity contribution in [3.8, 4) is 0 Å². The number of aromatic carboxylic acids is 1. The molecule has 20 heavy (non-hydrogen) atoms. The van der Waals surface area contributed by atoms with E-state index < -0.39 is 11.9 Å². The van der Waals surface area contributed by atoms with Gasteiger partial charge in [-0.2, -0.15) is 0 Å². The van der Waals surface area contributed by atoms with E-state index in [-0.39, 0.29) is 30.7 Å². The van der Waals surface area contributed by atoms with Crippen LogP contribution in [-0.4, -0.2) is 69.0 Å². The Morgan fingerprint density at radius 2 is 2.15 bits per heavy atom. The van der Waals surface area contributed by atoms with E-state index in [1.807, 2.05) is 0 Å². The van der Waals surface area contributed by atoms with Gasteiger partial charge in [-0.05, 0) is 0 Å². The van der Waals surface area contributed by atoms with Crippen LogP contribution in [-0.2, 0) is 9.59 Å². The van der Waals surface area contributed by atoms with Crippen molar-refractivity contribution in [3.63, 3.8) is 0 Å². The van der Waals surface area contributed by atoms with Crippen LogP contribution in [0.2, 0.25) is 0 Å². The molecule has 0 bridgehead atoms. The number of carboxylic acids is 1. The number of amides is 2. The SMILES string of the molecule is NCC(=O)NCC(=O)N1CC(n2cc(C(=O)O)nn2)C1. The van der Waals surface area contributed by atoms with Crippen LogP contribution in [0.1, 0.15) is 16.5 Å². The lowest BCUT2D eigenvalue weighted by atomic mass is 10.1. The molecule has 1 saturated heterocycles. The van der Waals surface area contributed by atoms with Gasteiger partial charge in [0, 0.05) is 13.1 Å². The summed E-state index contributed by atoms with van der Waals surface area (Å²) in [4.78, 5) is 34.8. The van der Waals surface area contributed by atoms with E-state index >= 15 is 0 Å². The minimum atomic E-state index is -1.15. The van der Waals surface area contributed by atoms with Gasteiger partial charge in [-0.25, -0.2) is 9.48 Å². The van der Waals surface area contributed by atoms with Gasteiger partial charge >= 0.3 is 5.97 Å². The second-order valence-corrected chi connectivity index (χ2v) is 4.32. The molecule has 10 nitrogen and oxygen atoms in total. The monoisotopic (exact) mass is 282 g/mol. The Labute approximate surface area is 113 Å². The molecule has 2 rings (SSSR count). The van der Waals surface area contributed by atoms with E-state index in [1.165, 1.54) is 15.8 Å². The fourth-order valence-corrected chi connectivity index (χ4v) is 1.74. The molecule has 1 aliphatic rings. The summed E-state index contributed by atoms with van der Waals surface area (Å²) >= 11 is 0. The zero-order valence-electron chi connectivity index (χ0n) is 10.5. The van der Waals surface area contributed by atoms with Crippen molar-refractivity contribution in [1.82, 2.24) is 25.2 Å². The van der Waals surface area contributed by atoms with E-state index in [4.69, 9.17) is 10.8 Å². The molecule has 0 spiro atoms. The molecule has 1 fully saturated rings. The van der Waals surface area contributed by atoms with Crippen molar-refractivity contribution >= 4 is 17.8 Å². The highest BCUT2D eigenvalue weighted by Crippen LogP contribution is 2.20. The van der Waals surface area contributed by atoms with Gasteiger partial charge in [0.25, 0.3) is 0 Å². The Hall–Kier alpha value is -2.49. The largest absolute Gasteiger partial charge is 0.476 e. The van der Waals surface area contributed by atoms with Crippen molar-refractivity contribution in [1.29, 1.82) is 0 Å². The van der Waals surface area contributed by atoms with Crippen molar-refractivity contribution in [2.75, 3.05) is 26.2 Å². The lowest BCUT2D eigenvalue weighted by Crippen LogP contribution is -2.53. The fraction of sp³-hybridized carbons (Fsp3) is 0.500. The van der Waals surface area contributed by atoms with Crippen LogP contribution in [0.5, 0.6) is 0 Å². The van der Waals surface area contributed by atoms with Gasteiger partial charge in [-0.1, -0.05) is 5.21 Å². The van der Waals surface area contributed by atoms with Gasteiger partial charge in [0.2, 0.25) is 11.8 Å². The number of hydrogen-bond acceptors (Lipinski definition) is 6. The fourth-order valence-electron chi connectivity index (χ4n) is 1.74. The van der Waals surface area contributed by atoms with Gasteiger partial charge in [0.05, 0.1) is 25.3 Å². The molecule has 2 amide bonds. The summed E-state index contributed by atoms with van der Waals surface area (Å²) in [5.41, 5.74) is 4.97. The molecule has 1 aliphatic heterocycles. The standard InChI is InChI=1S/C10H14N6O4/c11-1-8(17)12-2-9(18)15-3-6(4-15)16-5-7(10(19)20)13-14-16/h5-6H,1-4,11H2,(H,12,17)(H,19,20). The Kier molecular flexibility index (Phi) is 3.94. The number of rotatable bonds is 5. The highest BCUT2D eigenvalue weighted by molar-refractivity contribution is 5.86. The van der Waals surface area contributed by atoms with E-state index in [9.17, 15) is 14.4 Å². The third-order valence-electron chi connectivity index (χ3n) is 2.94. The summed E-state index contributed by atoms with van der Waals surface area (Å²) in [6.45, 7) is 0.548. The van der Waals surface area contributed by atoms with Crippen LogP contribution in [0.4, 0.5) is 0 Å². The van der Waals surface area contributed by atoms with Crippen LogP contribution in [0, 0.1) is 0 Å². The predicted octanol–water partition coefficient (Wildman–Crippen LogP) is -2.57. The smallest absolute Gasteiger partial charge is 0.358 e. The van der Waals surface area contributed by atoms with Gasteiger partial charge < -0.3 is 21.1 Å². The zero-order valence-corrected chi connectivity index (χ0v) is 10.5. The first-order valence-corrected chi connectivity index (χ1v) is 5.91. The van der Waals surface area contributed by atoms with Crippen LogP contribution in [0.25, 0.3) is 0 Å². The second-order valence-electron chi connectivity index (χ2n) is 4.32. The average molecular weight is 282 g/mol. The van der Waals surface area contributed by atoms with Crippen molar-refractivity contribution in [2.24, 2.45) is 5.73 Å². The summed E-state index contributed by atoms with van der Waals surface area (Å²) in [6.07, 6.45) is 1.32. The molecule has 1 aromatic rings. The van der Waals surface area contributed by atoms with Gasteiger partial charge in [-0.15, -0.1) is 5.10 Å². The first-order chi connectivity index (χ1) is 9.51. The maximum absolute atomic E-state index is 11.7. The highest BCUT2D eigenvalue weighted by atomic mass is 16.4. The minimum Gasteiger partial charge on any atom is -0.476 e. The molecule has 0 saturated carbocycles.